The van der Waals surface area contributed by atoms with Crippen LogP contribution in [0.2, 0.25) is 0 Å². The Hall–Kier alpha value is -3.44. The van der Waals surface area contributed by atoms with Crippen molar-refractivity contribution in [2.75, 3.05) is 18.0 Å². The molecule has 8 nitrogen and oxygen atoms in total. The highest BCUT2D eigenvalue weighted by molar-refractivity contribution is 9.10. The second kappa shape index (κ2) is 10.7. The molecule has 0 heterocycles. The number of ether oxygens (including phenoxy) is 1. The zero-order chi connectivity index (χ0) is 24.9. The monoisotopic (exact) mass is 549 g/mol. The quantitative estimate of drug-likeness (QED) is 0.326. The number of nitrogens with zero attached hydrogens (tertiary/aromatic N) is 2. The standard InChI is InChI=1S/C23H21BrFN3O5S/c1-15-7-9-17(10-8-15)34(31,32)28(20-6-4-3-5-19(20)25)14-22(29)27-26-13-16-11-18(24)23(30)21(12-16)33-2/h3-13,30H,14H2,1-2H3,(H,27,29)/b26-13-. The Morgan fingerprint density at radius 2 is 1.88 bits per heavy atom. The van der Waals surface area contributed by atoms with Gasteiger partial charge in [0, 0.05) is 0 Å². The van der Waals surface area contributed by atoms with Gasteiger partial charge in [-0.05, 0) is 64.8 Å². The van der Waals surface area contributed by atoms with Crippen LogP contribution in [0.4, 0.5) is 10.1 Å². The summed E-state index contributed by atoms with van der Waals surface area (Å²) in [6, 6.07) is 14.3. The molecular weight excluding hydrogens is 529 g/mol. The number of carbonyl (C=O) groups is 1. The molecule has 0 spiro atoms. The first-order chi connectivity index (χ1) is 16.1. The van der Waals surface area contributed by atoms with Crippen molar-refractivity contribution in [3.8, 4) is 11.5 Å². The van der Waals surface area contributed by atoms with Crippen LogP contribution in [0.15, 0.2) is 75.1 Å². The summed E-state index contributed by atoms with van der Waals surface area (Å²) in [6.45, 7) is 1.09. The summed E-state index contributed by atoms with van der Waals surface area (Å²) in [5.41, 5.74) is 3.30. The molecule has 11 heteroatoms. The molecule has 0 aromatic heterocycles. The van der Waals surface area contributed by atoms with Crippen LogP contribution in [0.3, 0.4) is 0 Å². The summed E-state index contributed by atoms with van der Waals surface area (Å²) in [6.07, 6.45) is 1.28. The van der Waals surface area contributed by atoms with Gasteiger partial charge in [0.15, 0.2) is 11.5 Å². The number of rotatable bonds is 8. The number of benzene rings is 3. The van der Waals surface area contributed by atoms with Gasteiger partial charge in [0.25, 0.3) is 15.9 Å². The van der Waals surface area contributed by atoms with Crippen molar-refractivity contribution in [1.82, 2.24) is 5.43 Å². The van der Waals surface area contributed by atoms with E-state index in [1.165, 1.54) is 49.7 Å². The number of halogens is 2. The predicted molar refractivity (Wildman–Crippen MR) is 130 cm³/mol. The highest BCUT2D eigenvalue weighted by Crippen LogP contribution is 2.34. The van der Waals surface area contributed by atoms with Gasteiger partial charge in [-0.3, -0.25) is 9.10 Å². The van der Waals surface area contributed by atoms with E-state index >= 15 is 0 Å². The molecule has 2 N–H and O–H groups in total. The Balaban J connectivity index is 1.85. The first-order valence-electron chi connectivity index (χ1n) is 9.86. The lowest BCUT2D eigenvalue weighted by Gasteiger charge is -2.24. The molecule has 0 unspecified atom stereocenters. The highest BCUT2D eigenvalue weighted by Gasteiger charge is 2.29. The zero-order valence-corrected chi connectivity index (χ0v) is 20.6. The molecular formula is C23H21BrFN3O5S. The van der Waals surface area contributed by atoms with Gasteiger partial charge >= 0.3 is 0 Å². The maximum atomic E-state index is 14.5. The maximum absolute atomic E-state index is 14.5. The highest BCUT2D eigenvalue weighted by atomic mass is 79.9. The minimum Gasteiger partial charge on any atom is -0.503 e. The molecule has 0 aliphatic heterocycles. The third-order valence-electron chi connectivity index (χ3n) is 4.69. The molecule has 3 rings (SSSR count). The average molecular weight is 550 g/mol. The van der Waals surface area contributed by atoms with Crippen molar-refractivity contribution in [3.05, 3.63) is 82.1 Å². The van der Waals surface area contributed by atoms with Crippen LogP contribution in [-0.2, 0) is 14.8 Å². The Kier molecular flexibility index (Phi) is 7.90. The number of amides is 1. The minimum atomic E-state index is -4.25. The molecule has 0 saturated heterocycles. The summed E-state index contributed by atoms with van der Waals surface area (Å²) in [7, 11) is -2.87. The van der Waals surface area contributed by atoms with Crippen LogP contribution in [0.1, 0.15) is 11.1 Å². The van der Waals surface area contributed by atoms with Gasteiger partial charge in [0.1, 0.15) is 12.4 Å². The Morgan fingerprint density at radius 1 is 1.21 bits per heavy atom. The van der Waals surface area contributed by atoms with Crippen LogP contribution >= 0.6 is 15.9 Å². The van der Waals surface area contributed by atoms with Crippen LogP contribution in [-0.4, -0.2) is 39.3 Å². The summed E-state index contributed by atoms with van der Waals surface area (Å²) in [4.78, 5) is 12.5. The Labute approximate surface area is 204 Å². The smallest absolute Gasteiger partial charge is 0.264 e. The summed E-state index contributed by atoms with van der Waals surface area (Å²) >= 11 is 3.18. The van der Waals surface area contributed by atoms with Gasteiger partial charge < -0.3 is 9.84 Å². The van der Waals surface area contributed by atoms with Crippen molar-refractivity contribution in [2.45, 2.75) is 11.8 Å². The third kappa shape index (κ3) is 5.72. The lowest BCUT2D eigenvalue weighted by molar-refractivity contribution is -0.119. The number of hydrogen-bond donors (Lipinski definition) is 2. The normalized spacial score (nSPS) is 11.4. The van der Waals surface area contributed by atoms with Crippen LogP contribution in [0.25, 0.3) is 0 Å². The fourth-order valence-electron chi connectivity index (χ4n) is 2.96. The number of methoxy groups -OCH3 is 1. The molecule has 0 aliphatic carbocycles. The number of anilines is 1. The van der Waals surface area contributed by atoms with Gasteiger partial charge in [-0.1, -0.05) is 29.8 Å². The van der Waals surface area contributed by atoms with Gasteiger partial charge in [-0.2, -0.15) is 5.10 Å². The van der Waals surface area contributed by atoms with Crippen LogP contribution in [0, 0.1) is 12.7 Å². The first kappa shape index (κ1) is 25.2. The predicted octanol–water partition coefficient (Wildman–Crippen LogP) is 3.96. The Morgan fingerprint density at radius 3 is 2.53 bits per heavy atom. The Bertz CT molecular complexity index is 1330. The second-order valence-electron chi connectivity index (χ2n) is 7.12. The van der Waals surface area contributed by atoms with Crippen molar-refractivity contribution in [3.63, 3.8) is 0 Å². The molecule has 0 atom stereocenters. The van der Waals surface area contributed by atoms with Gasteiger partial charge in [0.2, 0.25) is 0 Å². The van der Waals surface area contributed by atoms with Crippen LogP contribution < -0.4 is 14.5 Å². The molecule has 0 fully saturated rings. The van der Waals surface area contributed by atoms with Crippen molar-refractivity contribution < 1.29 is 27.4 Å². The van der Waals surface area contributed by atoms with Crippen molar-refractivity contribution in [2.24, 2.45) is 5.10 Å². The van der Waals surface area contributed by atoms with Crippen molar-refractivity contribution >= 4 is 43.8 Å². The SMILES string of the molecule is COc1cc(/C=N\NC(=O)CN(c2ccccc2F)S(=O)(=O)c2ccc(C)cc2)cc(Br)c1O. The number of aryl methyl sites for hydroxylation is 1. The number of carbonyl (C=O) groups excluding carboxylic acids is 1. The number of hydrazone groups is 1. The summed E-state index contributed by atoms with van der Waals surface area (Å²) in [5, 5.41) is 13.7. The van der Waals surface area contributed by atoms with E-state index in [4.69, 9.17) is 4.74 Å². The molecule has 3 aromatic carbocycles. The van der Waals surface area contributed by atoms with E-state index in [0.29, 0.717) is 14.3 Å². The van der Waals surface area contributed by atoms with E-state index in [2.05, 4.69) is 26.5 Å². The van der Waals surface area contributed by atoms with E-state index in [0.717, 1.165) is 11.6 Å². The van der Waals surface area contributed by atoms with E-state index < -0.39 is 28.3 Å². The third-order valence-corrected chi connectivity index (χ3v) is 7.07. The van der Waals surface area contributed by atoms with E-state index in [1.807, 2.05) is 0 Å². The lowest BCUT2D eigenvalue weighted by atomic mass is 10.2. The molecule has 3 aromatic rings. The molecule has 0 bridgehead atoms. The molecule has 1 amide bonds. The number of phenols is 1. The second-order valence-corrected chi connectivity index (χ2v) is 9.84. The largest absolute Gasteiger partial charge is 0.503 e. The van der Waals surface area contributed by atoms with Crippen LogP contribution in [0.5, 0.6) is 11.5 Å². The zero-order valence-electron chi connectivity index (χ0n) is 18.2. The fourth-order valence-corrected chi connectivity index (χ4v) is 4.85. The molecule has 34 heavy (non-hydrogen) atoms. The topological polar surface area (TPSA) is 108 Å². The average Bonchev–Trinajstić information content (AvgIpc) is 2.80. The van der Waals surface area contributed by atoms with E-state index in [-0.39, 0.29) is 22.1 Å². The number of hydrogen-bond acceptors (Lipinski definition) is 6. The molecule has 0 radical (unpaired) electrons. The number of phenolic OH excluding ortho intramolecular Hbond substituents is 1. The maximum Gasteiger partial charge on any atom is 0.264 e. The minimum absolute atomic E-state index is 0.0845. The number of nitrogens with one attached hydrogen (secondary N) is 1. The van der Waals surface area contributed by atoms with E-state index in [1.54, 1.807) is 25.1 Å². The fraction of sp³-hybridized carbons (Fsp3) is 0.130. The first-order valence-corrected chi connectivity index (χ1v) is 12.1. The molecule has 0 aliphatic rings. The number of sulfonamides is 1. The van der Waals surface area contributed by atoms with Gasteiger partial charge in [0.05, 0.1) is 28.4 Å². The van der Waals surface area contributed by atoms with E-state index in [9.17, 15) is 22.7 Å². The molecule has 178 valence electrons. The summed E-state index contributed by atoms with van der Waals surface area (Å²) < 4.78 is 47.1. The number of para-hydroxylation sites is 1. The van der Waals surface area contributed by atoms with Crippen molar-refractivity contribution in [1.29, 1.82) is 0 Å². The van der Waals surface area contributed by atoms with Gasteiger partial charge in [-0.25, -0.2) is 18.2 Å². The van der Waals surface area contributed by atoms with Gasteiger partial charge in [-0.15, -0.1) is 0 Å². The summed E-state index contributed by atoms with van der Waals surface area (Å²) in [5.74, 6) is -1.49. The number of aromatic hydroxyl groups is 1. The molecule has 0 saturated carbocycles. The lowest BCUT2D eigenvalue weighted by Crippen LogP contribution is -2.40.